The maximum Gasteiger partial charge on any atom is 0.270 e. The minimum Gasteiger partial charge on any atom is -0.365 e. The Balaban J connectivity index is 1.33. The van der Waals surface area contributed by atoms with Crippen LogP contribution in [0.1, 0.15) is 41.4 Å². The van der Waals surface area contributed by atoms with Crippen LogP contribution in [0.3, 0.4) is 0 Å². The van der Waals surface area contributed by atoms with Crippen molar-refractivity contribution in [3.8, 4) is 0 Å². The highest BCUT2D eigenvalue weighted by molar-refractivity contribution is 6.30. The van der Waals surface area contributed by atoms with E-state index in [4.69, 9.17) is 11.6 Å². The number of nitrogens with one attached hydrogen (secondary N) is 2. The van der Waals surface area contributed by atoms with Crippen LogP contribution in [-0.2, 0) is 0 Å². The summed E-state index contributed by atoms with van der Waals surface area (Å²) in [4.78, 5) is 34.7. The number of anilines is 1. The van der Waals surface area contributed by atoms with Crippen molar-refractivity contribution in [2.45, 2.75) is 31.2 Å². The first-order valence-corrected chi connectivity index (χ1v) is 11.2. The lowest BCUT2D eigenvalue weighted by Gasteiger charge is -2.39. The molecule has 2 aromatic heterocycles. The molecule has 0 radical (unpaired) electrons. The van der Waals surface area contributed by atoms with E-state index in [1.807, 2.05) is 11.0 Å². The summed E-state index contributed by atoms with van der Waals surface area (Å²) in [7, 11) is 0. The van der Waals surface area contributed by atoms with Gasteiger partial charge in [0.05, 0.1) is 5.69 Å². The van der Waals surface area contributed by atoms with Crippen LogP contribution in [-0.4, -0.2) is 66.2 Å². The summed E-state index contributed by atoms with van der Waals surface area (Å²) in [6, 6.07) is 7.00. The summed E-state index contributed by atoms with van der Waals surface area (Å²) in [6.45, 7) is 2.10. The number of nitrogens with zero attached hydrogens (tertiary/aromatic N) is 3. The number of pyridine rings is 2. The van der Waals surface area contributed by atoms with Gasteiger partial charge in [-0.3, -0.25) is 14.5 Å². The highest BCUT2D eigenvalue weighted by atomic mass is 35.5. The number of H-pyrrole nitrogens is 1. The number of hydrogen-bond acceptors (Lipinski definition) is 5. The molecule has 0 spiro atoms. The molecular weight excluding hydrogens is 440 g/mol. The molecule has 32 heavy (non-hydrogen) atoms. The SMILES string of the molecule is O=C(NCCF)c1ccc(N2CCN(C3CCC(c4ccc(Cl)c(=O)[nH]4)C3)CC2)c(F)n1. The minimum absolute atomic E-state index is 0.0597. The highest BCUT2D eigenvalue weighted by Gasteiger charge is 2.33. The maximum atomic E-state index is 14.6. The van der Waals surface area contributed by atoms with E-state index in [0.29, 0.717) is 30.7 Å². The molecule has 2 fully saturated rings. The van der Waals surface area contributed by atoms with Crippen LogP contribution in [0.15, 0.2) is 29.1 Å². The van der Waals surface area contributed by atoms with Gasteiger partial charge < -0.3 is 15.2 Å². The van der Waals surface area contributed by atoms with E-state index in [1.165, 1.54) is 6.07 Å². The molecule has 1 saturated carbocycles. The number of halogens is 3. The summed E-state index contributed by atoms with van der Waals surface area (Å²) in [6.07, 6.45) is 3.02. The Morgan fingerprint density at radius 1 is 1.19 bits per heavy atom. The molecule has 1 aliphatic carbocycles. The second-order valence-electron chi connectivity index (χ2n) is 8.23. The van der Waals surface area contributed by atoms with E-state index in [9.17, 15) is 18.4 Å². The topological polar surface area (TPSA) is 81.3 Å². The van der Waals surface area contributed by atoms with Crippen molar-refractivity contribution in [1.82, 2.24) is 20.2 Å². The van der Waals surface area contributed by atoms with Crippen LogP contribution in [0, 0.1) is 5.95 Å². The Kier molecular flexibility index (Phi) is 7.05. The van der Waals surface area contributed by atoms with E-state index in [-0.39, 0.29) is 22.8 Å². The number of piperazine rings is 1. The molecule has 172 valence electrons. The first-order chi connectivity index (χ1) is 15.5. The monoisotopic (exact) mass is 465 g/mol. The van der Waals surface area contributed by atoms with Crippen molar-refractivity contribution in [1.29, 1.82) is 0 Å². The Labute approximate surface area is 189 Å². The first-order valence-electron chi connectivity index (χ1n) is 10.8. The van der Waals surface area contributed by atoms with E-state index >= 15 is 0 Å². The van der Waals surface area contributed by atoms with Crippen molar-refractivity contribution in [2.24, 2.45) is 0 Å². The van der Waals surface area contributed by atoms with Crippen LogP contribution in [0.2, 0.25) is 5.02 Å². The van der Waals surface area contributed by atoms with E-state index in [1.54, 1.807) is 12.1 Å². The van der Waals surface area contributed by atoms with Gasteiger partial charge in [0, 0.05) is 50.4 Å². The highest BCUT2D eigenvalue weighted by Crippen LogP contribution is 2.36. The van der Waals surface area contributed by atoms with E-state index < -0.39 is 18.5 Å². The number of aromatic nitrogens is 2. The zero-order chi connectivity index (χ0) is 22.7. The first kappa shape index (κ1) is 22.7. The average Bonchev–Trinajstić information content (AvgIpc) is 3.29. The molecule has 2 N–H and O–H groups in total. The summed E-state index contributed by atoms with van der Waals surface area (Å²) in [5.74, 6) is -0.976. The largest absolute Gasteiger partial charge is 0.365 e. The second-order valence-corrected chi connectivity index (χ2v) is 8.64. The standard InChI is InChI=1S/C22H26ClF2N5O2/c23-16-3-4-17(28-21(16)31)14-1-2-15(13-14)29-9-11-30(12-10-29)19-6-5-18(27-20(19)25)22(32)26-8-7-24/h3-6,14-15H,1-2,7-13H2,(H,26,32)(H,28,31). The van der Waals surface area contributed by atoms with Gasteiger partial charge in [-0.15, -0.1) is 0 Å². The fourth-order valence-corrected chi connectivity index (χ4v) is 4.76. The predicted octanol–water partition coefficient (Wildman–Crippen LogP) is 2.72. The molecule has 3 heterocycles. The molecule has 2 atom stereocenters. The van der Waals surface area contributed by atoms with Crippen molar-refractivity contribution >= 4 is 23.2 Å². The van der Waals surface area contributed by atoms with Gasteiger partial charge in [-0.2, -0.15) is 4.39 Å². The molecule has 2 aromatic rings. The molecule has 7 nitrogen and oxygen atoms in total. The second kappa shape index (κ2) is 9.95. The van der Waals surface area contributed by atoms with E-state index in [2.05, 4.69) is 20.2 Å². The molecular formula is C22H26ClF2N5O2. The lowest BCUT2D eigenvalue weighted by molar-refractivity contribution is 0.0944. The lowest BCUT2D eigenvalue weighted by Crippen LogP contribution is -2.50. The average molecular weight is 466 g/mol. The van der Waals surface area contributed by atoms with Gasteiger partial charge in [-0.05, 0) is 43.5 Å². The predicted molar refractivity (Wildman–Crippen MR) is 119 cm³/mol. The fraction of sp³-hybridized carbons (Fsp3) is 0.500. The van der Waals surface area contributed by atoms with Crippen molar-refractivity contribution in [3.63, 3.8) is 0 Å². The number of rotatable bonds is 6. The normalized spacial score (nSPS) is 21.7. The number of hydrogen-bond donors (Lipinski definition) is 2. The van der Waals surface area contributed by atoms with Crippen LogP contribution in [0.5, 0.6) is 0 Å². The molecule has 1 amide bonds. The summed E-state index contributed by atoms with van der Waals surface area (Å²) in [5, 5.41) is 2.55. The number of carbonyl (C=O) groups is 1. The molecule has 2 unspecified atom stereocenters. The van der Waals surface area contributed by atoms with Crippen LogP contribution in [0.25, 0.3) is 0 Å². The van der Waals surface area contributed by atoms with E-state index in [0.717, 1.165) is 38.0 Å². The van der Waals surface area contributed by atoms with Crippen molar-refractivity contribution in [3.05, 3.63) is 57.0 Å². The van der Waals surface area contributed by atoms with Gasteiger partial charge in [-0.25, -0.2) is 9.37 Å². The van der Waals surface area contributed by atoms with Gasteiger partial charge >= 0.3 is 0 Å². The molecule has 4 rings (SSSR count). The maximum absolute atomic E-state index is 14.6. The Bertz CT molecular complexity index is 1030. The lowest BCUT2D eigenvalue weighted by atomic mass is 10.0. The summed E-state index contributed by atoms with van der Waals surface area (Å²) >= 11 is 5.84. The zero-order valence-electron chi connectivity index (χ0n) is 17.6. The third kappa shape index (κ3) is 4.94. The smallest absolute Gasteiger partial charge is 0.270 e. The Hall–Kier alpha value is -2.52. The number of amides is 1. The van der Waals surface area contributed by atoms with Gasteiger partial charge in [0.1, 0.15) is 17.4 Å². The number of alkyl halides is 1. The van der Waals surface area contributed by atoms with Crippen LogP contribution in [0.4, 0.5) is 14.5 Å². The molecule has 2 aliphatic rings. The van der Waals surface area contributed by atoms with Gasteiger partial charge in [0.2, 0.25) is 5.95 Å². The van der Waals surface area contributed by atoms with Gasteiger partial charge in [0.25, 0.3) is 11.5 Å². The Morgan fingerprint density at radius 2 is 1.97 bits per heavy atom. The fourth-order valence-electron chi connectivity index (χ4n) is 4.65. The zero-order valence-corrected chi connectivity index (χ0v) is 18.4. The van der Waals surface area contributed by atoms with Crippen molar-refractivity contribution < 1.29 is 13.6 Å². The summed E-state index contributed by atoms with van der Waals surface area (Å²) < 4.78 is 26.8. The van der Waals surface area contributed by atoms with Gasteiger partial charge in [-0.1, -0.05) is 11.6 Å². The molecule has 0 aromatic carbocycles. The molecule has 10 heteroatoms. The van der Waals surface area contributed by atoms with Crippen LogP contribution >= 0.6 is 11.6 Å². The summed E-state index contributed by atoms with van der Waals surface area (Å²) in [5.41, 5.74) is 0.998. The third-order valence-electron chi connectivity index (χ3n) is 6.34. The number of aromatic amines is 1. The molecule has 0 bridgehead atoms. The minimum atomic E-state index is -0.695. The number of carbonyl (C=O) groups excluding carboxylic acids is 1. The molecule has 1 saturated heterocycles. The third-order valence-corrected chi connectivity index (χ3v) is 6.64. The quantitative estimate of drug-likeness (QED) is 0.641. The van der Waals surface area contributed by atoms with Crippen molar-refractivity contribution in [2.75, 3.05) is 44.3 Å². The molecule has 1 aliphatic heterocycles. The van der Waals surface area contributed by atoms with Crippen LogP contribution < -0.4 is 15.8 Å². The Morgan fingerprint density at radius 3 is 2.66 bits per heavy atom. The van der Waals surface area contributed by atoms with Gasteiger partial charge in [0.15, 0.2) is 0 Å².